The Labute approximate surface area is 126 Å². The van der Waals surface area contributed by atoms with Crippen LogP contribution >= 0.6 is 0 Å². The maximum Gasteiger partial charge on any atom is 0.220 e. The molecule has 0 saturated heterocycles. The fraction of sp³-hybridized carbons (Fsp3) is 0. The molecule has 1 heterocycles. The molecular formula is C17H12FN3O. The molecule has 0 atom stereocenters. The minimum Gasteiger partial charge on any atom is -0.368 e. The van der Waals surface area contributed by atoms with Crippen molar-refractivity contribution in [3.05, 3.63) is 77.7 Å². The Kier molecular flexibility index (Phi) is 3.62. The summed E-state index contributed by atoms with van der Waals surface area (Å²) in [5, 5.41) is 0. The lowest BCUT2D eigenvalue weighted by molar-refractivity contribution is 0.103. The topological polar surface area (TPSA) is 68.9 Å². The third-order valence-electron chi connectivity index (χ3n) is 3.22. The van der Waals surface area contributed by atoms with Crippen LogP contribution in [0.2, 0.25) is 0 Å². The summed E-state index contributed by atoms with van der Waals surface area (Å²) in [5.74, 6) is -0.820. The summed E-state index contributed by atoms with van der Waals surface area (Å²) in [4.78, 5) is 20.3. The molecule has 0 aliphatic carbocycles. The number of benzene rings is 2. The minimum atomic E-state index is -0.570. The van der Waals surface area contributed by atoms with Crippen LogP contribution in [0, 0.1) is 5.82 Å². The van der Waals surface area contributed by atoms with E-state index in [1.165, 1.54) is 18.3 Å². The average molecular weight is 293 g/mol. The van der Waals surface area contributed by atoms with Crippen LogP contribution in [0.3, 0.4) is 0 Å². The van der Waals surface area contributed by atoms with E-state index in [9.17, 15) is 9.18 Å². The summed E-state index contributed by atoms with van der Waals surface area (Å²) in [6, 6.07) is 14.5. The first kappa shape index (κ1) is 13.9. The Morgan fingerprint density at radius 3 is 2.55 bits per heavy atom. The van der Waals surface area contributed by atoms with E-state index in [4.69, 9.17) is 5.73 Å². The van der Waals surface area contributed by atoms with E-state index in [-0.39, 0.29) is 17.3 Å². The van der Waals surface area contributed by atoms with Crippen LogP contribution < -0.4 is 5.73 Å². The largest absolute Gasteiger partial charge is 0.368 e. The molecule has 0 amide bonds. The van der Waals surface area contributed by atoms with E-state index in [2.05, 4.69) is 9.97 Å². The molecular weight excluding hydrogens is 281 g/mol. The van der Waals surface area contributed by atoms with E-state index in [0.29, 0.717) is 16.8 Å². The molecule has 0 radical (unpaired) electrons. The lowest BCUT2D eigenvalue weighted by Crippen LogP contribution is -2.05. The van der Waals surface area contributed by atoms with Gasteiger partial charge in [-0.25, -0.2) is 14.4 Å². The Bertz CT molecular complexity index is 834. The fourth-order valence-electron chi connectivity index (χ4n) is 2.14. The van der Waals surface area contributed by atoms with Crippen LogP contribution in [-0.4, -0.2) is 15.8 Å². The van der Waals surface area contributed by atoms with Crippen LogP contribution in [0.1, 0.15) is 15.9 Å². The van der Waals surface area contributed by atoms with Crippen LogP contribution in [0.5, 0.6) is 0 Å². The number of hydrogen-bond acceptors (Lipinski definition) is 4. The molecule has 0 aliphatic heterocycles. The first-order valence-electron chi connectivity index (χ1n) is 6.63. The van der Waals surface area contributed by atoms with Crippen LogP contribution in [0.4, 0.5) is 10.3 Å². The molecule has 0 unspecified atom stereocenters. The monoisotopic (exact) mass is 293 g/mol. The molecule has 0 saturated carbocycles. The van der Waals surface area contributed by atoms with Crippen molar-refractivity contribution in [2.75, 3.05) is 5.73 Å². The highest BCUT2D eigenvalue weighted by molar-refractivity contribution is 6.09. The lowest BCUT2D eigenvalue weighted by Gasteiger charge is -2.06. The number of nitrogen functional groups attached to an aromatic ring is 1. The highest BCUT2D eigenvalue weighted by atomic mass is 19.1. The van der Waals surface area contributed by atoms with Crippen molar-refractivity contribution in [3.8, 4) is 11.3 Å². The molecule has 0 aliphatic rings. The molecule has 3 aromatic rings. The summed E-state index contributed by atoms with van der Waals surface area (Å²) in [6.45, 7) is 0. The highest BCUT2D eigenvalue weighted by Crippen LogP contribution is 2.22. The Balaban J connectivity index is 2.06. The normalized spacial score (nSPS) is 10.4. The minimum absolute atomic E-state index is 0.000818. The van der Waals surface area contributed by atoms with Gasteiger partial charge in [0.2, 0.25) is 5.95 Å². The summed E-state index contributed by atoms with van der Waals surface area (Å²) in [6.07, 6.45) is 1.51. The number of rotatable bonds is 3. The fourth-order valence-corrected chi connectivity index (χ4v) is 2.14. The molecule has 0 spiro atoms. The van der Waals surface area contributed by atoms with Crippen molar-refractivity contribution in [1.82, 2.24) is 9.97 Å². The predicted octanol–water partition coefficient (Wildman–Crippen LogP) is 3.10. The number of carbonyl (C=O) groups is 1. The van der Waals surface area contributed by atoms with Crippen molar-refractivity contribution in [2.24, 2.45) is 0 Å². The quantitative estimate of drug-likeness (QED) is 0.753. The molecule has 0 bridgehead atoms. The second kappa shape index (κ2) is 5.73. The second-order valence-electron chi connectivity index (χ2n) is 4.69. The number of ketones is 1. The molecule has 0 fully saturated rings. The molecule has 108 valence electrons. The van der Waals surface area contributed by atoms with E-state index < -0.39 is 5.82 Å². The number of halogens is 1. The van der Waals surface area contributed by atoms with Gasteiger partial charge >= 0.3 is 0 Å². The van der Waals surface area contributed by atoms with E-state index in [0.717, 1.165) is 0 Å². The summed E-state index contributed by atoms with van der Waals surface area (Å²) in [7, 11) is 0. The predicted molar refractivity (Wildman–Crippen MR) is 81.7 cm³/mol. The van der Waals surface area contributed by atoms with Gasteiger partial charge in [-0.2, -0.15) is 0 Å². The van der Waals surface area contributed by atoms with Gasteiger partial charge in [0.15, 0.2) is 5.78 Å². The summed E-state index contributed by atoms with van der Waals surface area (Å²) < 4.78 is 14.0. The molecule has 22 heavy (non-hydrogen) atoms. The first-order chi connectivity index (χ1) is 10.6. The number of anilines is 1. The molecule has 4 nitrogen and oxygen atoms in total. The third-order valence-corrected chi connectivity index (χ3v) is 3.22. The van der Waals surface area contributed by atoms with E-state index in [1.807, 2.05) is 0 Å². The van der Waals surface area contributed by atoms with Gasteiger partial charge in [-0.15, -0.1) is 0 Å². The number of aromatic nitrogens is 2. The van der Waals surface area contributed by atoms with Gasteiger partial charge in [-0.1, -0.05) is 30.3 Å². The number of nitrogens with zero attached hydrogens (tertiary/aromatic N) is 2. The van der Waals surface area contributed by atoms with Crippen LogP contribution in [0.25, 0.3) is 11.3 Å². The highest BCUT2D eigenvalue weighted by Gasteiger charge is 2.15. The SMILES string of the molecule is Nc1nccc(-c2ccc(F)c(C(=O)c3ccccc3)c2)n1. The Hall–Kier alpha value is -3.08. The number of nitrogens with two attached hydrogens (primary N) is 1. The van der Waals surface area contributed by atoms with Crippen LogP contribution in [-0.2, 0) is 0 Å². The molecule has 1 aromatic heterocycles. The summed E-state index contributed by atoms with van der Waals surface area (Å²) >= 11 is 0. The van der Waals surface area contributed by atoms with Crippen LogP contribution in [0.15, 0.2) is 60.8 Å². The van der Waals surface area contributed by atoms with Gasteiger partial charge in [0.25, 0.3) is 0 Å². The number of carbonyl (C=O) groups excluding carboxylic acids is 1. The smallest absolute Gasteiger partial charge is 0.220 e. The molecule has 2 N–H and O–H groups in total. The maximum absolute atomic E-state index is 14.0. The van der Waals surface area contributed by atoms with Crippen molar-refractivity contribution in [1.29, 1.82) is 0 Å². The van der Waals surface area contributed by atoms with Gasteiger partial charge in [0.05, 0.1) is 11.3 Å². The van der Waals surface area contributed by atoms with Gasteiger partial charge in [-0.05, 0) is 24.3 Å². The Morgan fingerprint density at radius 2 is 1.82 bits per heavy atom. The average Bonchev–Trinajstić information content (AvgIpc) is 2.55. The number of hydrogen-bond donors (Lipinski definition) is 1. The molecule has 5 heteroatoms. The molecule has 3 rings (SSSR count). The zero-order valence-corrected chi connectivity index (χ0v) is 11.5. The maximum atomic E-state index is 14.0. The third kappa shape index (κ3) is 2.69. The van der Waals surface area contributed by atoms with E-state index in [1.54, 1.807) is 42.5 Å². The van der Waals surface area contributed by atoms with Gasteiger partial charge in [0.1, 0.15) is 5.82 Å². The second-order valence-corrected chi connectivity index (χ2v) is 4.69. The van der Waals surface area contributed by atoms with Crippen molar-refractivity contribution in [3.63, 3.8) is 0 Å². The lowest BCUT2D eigenvalue weighted by atomic mass is 9.99. The van der Waals surface area contributed by atoms with Gasteiger partial charge in [-0.3, -0.25) is 4.79 Å². The van der Waals surface area contributed by atoms with Crippen molar-refractivity contribution < 1.29 is 9.18 Å². The Morgan fingerprint density at radius 1 is 1.05 bits per heavy atom. The zero-order chi connectivity index (χ0) is 15.5. The van der Waals surface area contributed by atoms with Gasteiger partial charge < -0.3 is 5.73 Å². The van der Waals surface area contributed by atoms with Gasteiger partial charge in [0, 0.05) is 17.3 Å². The van der Waals surface area contributed by atoms with Crippen molar-refractivity contribution >= 4 is 11.7 Å². The molecule has 2 aromatic carbocycles. The van der Waals surface area contributed by atoms with E-state index >= 15 is 0 Å². The summed E-state index contributed by atoms with van der Waals surface area (Å²) in [5.41, 5.74) is 7.13. The first-order valence-corrected chi connectivity index (χ1v) is 6.63. The zero-order valence-electron chi connectivity index (χ0n) is 11.5. The standard InChI is InChI=1S/C17H12FN3O/c18-14-7-6-12(15-8-9-20-17(19)21-15)10-13(14)16(22)11-4-2-1-3-5-11/h1-10H,(H2,19,20,21). The van der Waals surface area contributed by atoms with Crippen molar-refractivity contribution in [2.45, 2.75) is 0 Å².